The molecule has 0 aliphatic heterocycles. The van der Waals surface area contributed by atoms with Gasteiger partial charge < -0.3 is 4.74 Å². The van der Waals surface area contributed by atoms with Crippen LogP contribution in [0.15, 0.2) is 18.3 Å². The van der Waals surface area contributed by atoms with Gasteiger partial charge in [0.1, 0.15) is 6.61 Å². The Bertz CT molecular complexity index is 235. The fraction of sp³-hybridized carbons (Fsp3) is 0.143. The Hall–Kier alpha value is -1.45. The lowest BCUT2D eigenvalue weighted by molar-refractivity contribution is -0.129. The minimum absolute atomic E-state index is 0.136. The largest absolute Gasteiger partial charge is 0.463 e. The lowest BCUT2D eigenvalue weighted by atomic mass is 10.3. The van der Waals surface area contributed by atoms with Crippen LogP contribution >= 0.6 is 0 Å². The normalized spacial score (nSPS) is 9.18. The van der Waals surface area contributed by atoms with Crippen LogP contribution in [0.25, 0.3) is 0 Å². The summed E-state index contributed by atoms with van der Waals surface area (Å²) < 4.78 is 16.6. The van der Waals surface area contributed by atoms with E-state index in [-0.39, 0.29) is 6.61 Å². The van der Waals surface area contributed by atoms with Gasteiger partial charge >= 0.3 is 0 Å². The third-order valence-corrected chi connectivity index (χ3v) is 1.11. The SMILES string of the molecule is O=COCc1ccc(F)nc1. The molecule has 0 saturated heterocycles. The van der Waals surface area contributed by atoms with E-state index in [1.165, 1.54) is 18.3 Å². The first-order valence-corrected chi connectivity index (χ1v) is 2.98. The summed E-state index contributed by atoms with van der Waals surface area (Å²) in [5.74, 6) is -0.542. The number of carbonyl (C=O) groups is 1. The Kier molecular flexibility index (Phi) is 2.54. The van der Waals surface area contributed by atoms with E-state index in [9.17, 15) is 9.18 Å². The van der Waals surface area contributed by atoms with E-state index in [0.717, 1.165) is 0 Å². The Balaban J connectivity index is 2.58. The van der Waals surface area contributed by atoms with Gasteiger partial charge in [0.05, 0.1) is 0 Å². The van der Waals surface area contributed by atoms with Crippen LogP contribution in [0.4, 0.5) is 4.39 Å². The summed E-state index contributed by atoms with van der Waals surface area (Å²) >= 11 is 0. The van der Waals surface area contributed by atoms with Gasteiger partial charge in [-0.1, -0.05) is 0 Å². The smallest absolute Gasteiger partial charge is 0.293 e. The second-order valence-electron chi connectivity index (χ2n) is 1.90. The molecule has 58 valence electrons. The number of carbonyl (C=O) groups excluding carboxylic acids is 1. The van der Waals surface area contributed by atoms with E-state index in [1.54, 1.807) is 0 Å². The van der Waals surface area contributed by atoms with E-state index in [0.29, 0.717) is 12.0 Å². The van der Waals surface area contributed by atoms with Crippen molar-refractivity contribution in [2.75, 3.05) is 0 Å². The molecule has 4 heteroatoms. The number of nitrogens with zero attached hydrogens (tertiary/aromatic N) is 1. The molecule has 11 heavy (non-hydrogen) atoms. The lowest BCUT2D eigenvalue weighted by Gasteiger charge is -1.96. The number of rotatable bonds is 3. The van der Waals surface area contributed by atoms with Crippen molar-refractivity contribution in [1.29, 1.82) is 0 Å². The highest BCUT2D eigenvalue weighted by atomic mass is 19.1. The predicted molar refractivity (Wildman–Crippen MR) is 35.0 cm³/mol. The molecule has 0 atom stereocenters. The van der Waals surface area contributed by atoms with E-state index >= 15 is 0 Å². The summed E-state index contributed by atoms with van der Waals surface area (Å²) in [4.78, 5) is 13.1. The summed E-state index contributed by atoms with van der Waals surface area (Å²) in [7, 11) is 0. The molecule has 0 spiro atoms. The van der Waals surface area contributed by atoms with Crippen molar-refractivity contribution in [1.82, 2.24) is 4.98 Å². The number of hydrogen-bond acceptors (Lipinski definition) is 3. The lowest BCUT2D eigenvalue weighted by Crippen LogP contribution is -1.91. The van der Waals surface area contributed by atoms with Gasteiger partial charge in [-0.3, -0.25) is 4.79 Å². The number of ether oxygens (including phenoxy) is 1. The highest BCUT2D eigenvalue weighted by Gasteiger charge is 1.93. The van der Waals surface area contributed by atoms with Crippen molar-refractivity contribution in [2.24, 2.45) is 0 Å². The number of halogens is 1. The van der Waals surface area contributed by atoms with E-state index in [2.05, 4.69) is 9.72 Å². The molecule has 0 aromatic carbocycles. The van der Waals surface area contributed by atoms with Gasteiger partial charge in [0.15, 0.2) is 0 Å². The van der Waals surface area contributed by atoms with Crippen LogP contribution in [0.5, 0.6) is 0 Å². The molecule has 0 amide bonds. The van der Waals surface area contributed by atoms with Crippen LogP contribution < -0.4 is 0 Å². The molecule has 1 rings (SSSR count). The Labute approximate surface area is 62.8 Å². The number of pyridine rings is 1. The van der Waals surface area contributed by atoms with Crippen molar-refractivity contribution in [3.8, 4) is 0 Å². The molecule has 0 saturated carbocycles. The molecule has 3 nitrogen and oxygen atoms in total. The molecule has 1 aromatic rings. The van der Waals surface area contributed by atoms with Crippen LogP contribution in [-0.2, 0) is 16.1 Å². The van der Waals surface area contributed by atoms with Crippen LogP contribution in [0, 0.1) is 5.95 Å². The molecule has 1 heterocycles. The molecule has 0 radical (unpaired) electrons. The second kappa shape index (κ2) is 3.65. The van der Waals surface area contributed by atoms with Gasteiger partial charge in [-0.15, -0.1) is 0 Å². The fourth-order valence-electron chi connectivity index (χ4n) is 0.622. The second-order valence-corrected chi connectivity index (χ2v) is 1.90. The highest BCUT2D eigenvalue weighted by Crippen LogP contribution is 1.99. The quantitative estimate of drug-likeness (QED) is 0.480. The van der Waals surface area contributed by atoms with Crippen LogP contribution in [0.2, 0.25) is 0 Å². The van der Waals surface area contributed by atoms with Crippen LogP contribution in [0.3, 0.4) is 0 Å². The molecular weight excluding hydrogens is 149 g/mol. The third kappa shape index (κ3) is 2.33. The zero-order valence-electron chi connectivity index (χ0n) is 5.66. The van der Waals surface area contributed by atoms with Gasteiger partial charge in [0, 0.05) is 11.8 Å². The molecule has 0 unspecified atom stereocenters. The summed E-state index contributed by atoms with van der Waals surface area (Å²) in [5.41, 5.74) is 0.665. The third-order valence-electron chi connectivity index (χ3n) is 1.11. The van der Waals surface area contributed by atoms with Crippen LogP contribution in [-0.4, -0.2) is 11.5 Å². The van der Waals surface area contributed by atoms with Crippen molar-refractivity contribution in [2.45, 2.75) is 6.61 Å². The average molecular weight is 155 g/mol. The first-order chi connectivity index (χ1) is 5.33. The van der Waals surface area contributed by atoms with E-state index in [4.69, 9.17) is 0 Å². The number of hydrogen-bond donors (Lipinski definition) is 0. The minimum Gasteiger partial charge on any atom is -0.463 e. The van der Waals surface area contributed by atoms with Gasteiger partial charge in [0.25, 0.3) is 6.47 Å². The van der Waals surface area contributed by atoms with Gasteiger partial charge in [-0.25, -0.2) is 4.98 Å². The standard InChI is InChI=1S/C7H6FNO2/c8-7-2-1-6(3-9-7)4-11-5-10/h1-3,5H,4H2. The van der Waals surface area contributed by atoms with E-state index in [1.807, 2.05) is 0 Å². The van der Waals surface area contributed by atoms with Gasteiger partial charge in [-0.05, 0) is 12.1 Å². The molecular formula is C7H6FNO2. The topological polar surface area (TPSA) is 39.2 Å². The van der Waals surface area contributed by atoms with Crippen molar-refractivity contribution in [3.63, 3.8) is 0 Å². The highest BCUT2D eigenvalue weighted by molar-refractivity contribution is 5.37. The molecule has 0 aliphatic carbocycles. The molecule has 0 fully saturated rings. The Morgan fingerprint density at radius 2 is 2.45 bits per heavy atom. The summed E-state index contributed by atoms with van der Waals surface area (Å²) in [6.45, 7) is 0.472. The molecule has 0 aliphatic rings. The van der Waals surface area contributed by atoms with E-state index < -0.39 is 5.95 Å². The summed E-state index contributed by atoms with van der Waals surface area (Å²) in [5, 5.41) is 0. The maximum Gasteiger partial charge on any atom is 0.293 e. The van der Waals surface area contributed by atoms with Crippen LogP contribution in [0.1, 0.15) is 5.56 Å². The Morgan fingerprint density at radius 3 is 3.00 bits per heavy atom. The number of aromatic nitrogens is 1. The maximum absolute atomic E-state index is 12.2. The summed E-state index contributed by atoms with van der Waals surface area (Å²) in [6.07, 6.45) is 1.32. The first kappa shape index (κ1) is 7.65. The monoisotopic (exact) mass is 155 g/mol. The zero-order chi connectivity index (χ0) is 8.10. The zero-order valence-corrected chi connectivity index (χ0v) is 5.66. The van der Waals surface area contributed by atoms with Crippen molar-refractivity contribution in [3.05, 3.63) is 29.8 Å². The molecule has 1 aromatic heterocycles. The molecule has 0 bridgehead atoms. The van der Waals surface area contributed by atoms with Crippen molar-refractivity contribution < 1.29 is 13.9 Å². The minimum atomic E-state index is -0.542. The van der Waals surface area contributed by atoms with Gasteiger partial charge in [-0.2, -0.15) is 4.39 Å². The summed E-state index contributed by atoms with van der Waals surface area (Å²) in [6, 6.07) is 2.72. The van der Waals surface area contributed by atoms with Crippen molar-refractivity contribution >= 4 is 6.47 Å². The first-order valence-electron chi connectivity index (χ1n) is 2.98. The fourth-order valence-corrected chi connectivity index (χ4v) is 0.622. The average Bonchev–Trinajstić information content (AvgIpc) is 2.04. The predicted octanol–water partition coefficient (Wildman–Crippen LogP) is 0.894. The maximum atomic E-state index is 12.2. The Morgan fingerprint density at radius 1 is 1.64 bits per heavy atom. The molecule has 0 N–H and O–H groups in total. The van der Waals surface area contributed by atoms with Gasteiger partial charge in [0.2, 0.25) is 5.95 Å².